The molecule has 2 aliphatic heterocycles. The highest BCUT2D eigenvalue weighted by Gasteiger charge is 2.27. The first-order chi connectivity index (χ1) is 15.0. The second kappa shape index (κ2) is 8.02. The maximum Gasteiger partial charge on any atom is 0.262 e. The van der Waals surface area contributed by atoms with Crippen molar-refractivity contribution in [3.63, 3.8) is 0 Å². The Kier molecular flexibility index (Phi) is 5.20. The number of rotatable bonds is 4. The average molecular weight is 435 g/mol. The van der Waals surface area contributed by atoms with Crippen molar-refractivity contribution in [3.8, 4) is 5.75 Å². The molecule has 2 heterocycles. The van der Waals surface area contributed by atoms with Crippen LogP contribution >= 0.6 is 0 Å². The molecule has 0 radical (unpaired) electrons. The monoisotopic (exact) mass is 434 g/mol. The first-order valence-corrected chi connectivity index (χ1v) is 12.2. The third-order valence-electron chi connectivity index (χ3n) is 6.26. The first kappa shape index (κ1) is 20.1. The highest BCUT2D eigenvalue weighted by molar-refractivity contribution is 7.93. The van der Waals surface area contributed by atoms with E-state index in [0.717, 1.165) is 42.6 Å². The Morgan fingerprint density at radius 2 is 1.77 bits per heavy atom. The van der Waals surface area contributed by atoms with Crippen molar-refractivity contribution in [3.05, 3.63) is 72.3 Å². The van der Waals surface area contributed by atoms with E-state index in [2.05, 4.69) is 28.8 Å². The van der Waals surface area contributed by atoms with Crippen LogP contribution in [0.2, 0.25) is 0 Å². The summed E-state index contributed by atoms with van der Waals surface area (Å²) >= 11 is 0. The zero-order valence-electron chi connectivity index (χ0n) is 17.5. The molecule has 1 fully saturated rings. The Hall–Kier alpha value is -2.83. The van der Waals surface area contributed by atoms with E-state index >= 15 is 0 Å². The number of hydrogen-bond acceptors (Lipinski definition) is 4. The lowest BCUT2D eigenvalue weighted by Gasteiger charge is -2.34. The molecule has 3 aromatic rings. The summed E-state index contributed by atoms with van der Waals surface area (Å²) in [4.78, 5) is 2.63. The predicted molar refractivity (Wildman–Crippen MR) is 125 cm³/mol. The minimum absolute atomic E-state index is 0.0828. The highest BCUT2D eigenvalue weighted by atomic mass is 32.2. The smallest absolute Gasteiger partial charge is 0.262 e. The molecule has 0 aliphatic carbocycles. The Labute approximate surface area is 183 Å². The van der Waals surface area contributed by atoms with Crippen LogP contribution < -0.4 is 9.46 Å². The van der Waals surface area contributed by atoms with E-state index in [0.29, 0.717) is 17.0 Å². The molecular weight excluding hydrogens is 408 g/mol. The summed E-state index contributed by atoms with van der Waals surface area (Å²) in [7, 11) is -1.56. The van der Waals surface area contributed by atoms with E-state index in [4.69, 9.17) is 4.74 Å². The lowest BCUT2D eigenvalue weighted by molar-refractivity contribution is 0.114. The molecule has 2 aliphatic rings. The van der Waals surface area contributed by atoms with Crippen LogP contribution in [0.5, 0.6) is 5.75 Å². The van der Waals surface area contributed by atoms with Crippen molar-refractivity contribution >= 4 is 32.6 Å². The van der Waals surface area contributed by atoms with E-state index in [1.165, 1.54) is 0 Å². The van der Waals surface area contributed by atoms with Gasteiger partial charge in [-0.25, -0.2) is 8.42 Å². The lowest BCUT2D eigenvalue weighted by Crippen LogP contribution is -2.37. The topological polar surface area (TPSA) is 58.6 Å². The maximum absolute atomic E-state index is 13.1. The third-order valence-corrected chi connectivity index (χ3v) is 7.70. The van der Waals surface area contributed by atoms with Crippen molar-refractivity contribution < 1.29 is 13.2 Å². The van der Waals surface area contributed by atoms with Crippen molar-refractivity contribution in [2.45, 2.75) is 23.8 Å². The summed E-state index contributed by atoms with van der Waals surface area (Å²) < 4.78 is 35.2. The quantitative estimate of drug-likeness (QED) is 0.643. The van der Waals surface area contributed by atoms with Gasteiger partial charge in [0.05, 0.1) is 4.90 Å². The normalized spacial score (nSPS) is 19.7. The molecule has 0 bridgehead atoms. The fourth-order valence-corrected chi connectivity index (χ4v) is 5.76. The van der Waals surface area contributed by atoms with Gasteiger partial charge in [0.25, 0.3) is 10.0 Å². The Morgan fingerprint density at radius 1 is 1.00 bits per heavy atom. The Bertz CT molecular complexity index is 1240. The molecule has 0 aromatic heterocycles. The molecule has 0 spiro atoms. The van der Waals surface area contributed by atoms with Crippen molar-refractivity contribution in [2.75, 3.05) is 24.9 Å². The number of nitrogens with zero attached hydrogens (tertiary/aromatic N) is 1. The largest absolute Gasteiger partial charge is 0.485 e. The molecule has 6 heteroatoms. The minimum Gasteiger partial charge on any atom is -0.485 e. The van der Waals surface area contributed by atoms with E-state index in [1.54, 1.807) is 18.2 Å². The lowest BCUT2D eigenvalue weighted by atomic mass is 9.89. The summed E-state index contributed by atoms with van der Waals surface area (Å²) in [6.07, 6.45) is 6.51. The SMILES string of the molecule is CN1CCC(C2C=Cc3cc(NS(=O)(=O)c4cccc5ccccc45)ccc3O2)CC1. The molecule has 3 aromatic carbocycles. The molecule has 1 N–H and O–H groups in total. The van der Waals surface area contributed by atoms with Crippen molar-refractivity contribution in [1.82, 2.24) is 4.90 Å². The number of benzene rings is 3. The number of fused-ring (bicyclic) bond motifs is 2. The molecule has 1 atom stereocenters. The standard InChI is InChI=1S/C25H26N2O3S/c1-27-15-13-19(14-16-27)23-11-9-20-17-21(10-12-24(20)30-23)26-31(28,29)25-8-4-6-18-5-2-3-7-22(18)25/h2-12,17,19,23,26H,13-16H2,1H3. The average Bonchev–Trinajstić information content (AvgIpc) is 2.78. The van der Waals surface area contributed by atoms with Gasteiger partial charge < -0.3 is 9.64 Å². The number of hydrogen-bond donors (Lipinski definition) is 1. The molecule has 5 nitrogen and oxygen atoms in total. The van der Waals surface area contributed by atoms with Crippen molar-refractivity contribution in [1.29, 1.82) is 0 Å². The molecule has 31 heavy (non-hydrogen) atoms. The van der Waals surface area contributed by atoms with Gasteiger partial charge in [-0.1, -0.05) is 42.5 Å². The molecule has 5 rings (SSSR count). The minimum atomic E-state index is -3.72. The Balaban J connectivity index is 1.37. The fraction of sp³-hybridized carbons (Fsp3) is 0.280. The number of ether oxygens (including phenoxy) is 1. The maximum atomic E-state index is 13.1. The van der Waals surface area contributed by atoms with E-state index in [9.17, 15) is 8.42 Å². The van der Waals surface area contributed by atoms with Gasteiger partial charge in [0.15, 0.2) is 0 Å². The van der Waals surface area contributed by atoms with E-state index in [-0.39, 0.29) is 11.0 Å². The van der Waals surface area contributed by atoms with Gasteiger partial charge in [-0.3, -0.25) is 4.72 Å². The summed E-state index contributed by atoms with van der Waals surface area (Å²) in [6.45, 7) is 2.19. The molecule has 1 unspecified atom stereocenters. The molecule has 0 saturated carbocycles. The molecular formula is C25H26N2O3S. The fourth-order valence-electron chi connectivity index (χ4n) is 4.48. The second-order valence-corrected chi connectivity index (χ2v) is 10.1. The molecule has 1 saturated heterocycles. The second-order valence-electron chi connectivity index (χ2n) is 8.42. The summed E-state index contributed by atoms with van der Waals surface area (Å²) in [5.41, 5.74) is 1.42. The first-order valence-electron chi connectivity index (χ1n) is 10.7. The van der Waals surface area contributed by atoms with Gasteiger partial charge in [0, 0.05) is 22.6 Å². The van der Waals surface area contributed by atoms with Gasteiger partial charge in [-0.05, 0) is 68.7 Å². The Morgan fingerprint density at radius 3 is 2.61 bits per heavy atom. The zero-order chi connectivity index (χ0) is 21.4. The molecule has 160 valence electrons. The number of likely N-dealkylation sites (tertiary alicyclic amines) is 1. The highest BCUT2D eigenvalue weighted by Crippen LogP contribution is 2.34. The number of sulfonamides is 1. The van der Waals surface area contributed by atoms with E-state index < -0.39 is 10.0 Å². The predicted octanol–water partition coefficient (Wildman–Crippen LogP) is 4.76. The van der Waals surface area contributed by atoms with Crippen LogP contribution in [0.3, 0.4) is 0 Å². The number of nitrogens with one attached hydrogen (secondary N) is 1. The third kappa shape index (κ3) is 4.05. The summed E-state index contributed by atoms with van der Waals surface area (Å²) in [6, 6.07) is 18.3. The van der Waals surface area contributed by atoms with E-state index in [1.807, 2.05) is 42.5 Å². The van der Waals surface area contributed by atoms with Crippen LogP contribution in [0.4, 0.5) is 5.69 Å². The molecule has 0 amide bonds. The van der Waals surface area contributed by atoms with Gasteiger partial charge in [-0.2, -0.15) is 0 Å². The van der Waals surface area contributed by atoms with Crippen LogP contribution in [-0.4, -0.2) is 39.6 Å². The summed E-state index contributed by atoms with van der Waals surface area (Å²) in [5, 5.41) is 1.60. The van der Waals surface area contributed by atoms with Crippen LogP contribution in [0.25, 0.3) is 16.8 Å². The number of piperidine rings is 1. The van der Waals surface area contributed by atoms with Crippen LogP contribution in [0.15, 0.2) is 71.6 Å². The van der Waals surface area contributed by atoms with Gasteiger partial charge in [-0.15, -0.1) is 0 Å². The van der Waals surface area contributed by atoms with Crippen LogP contribution in [-0.2, 0) is 10.0 Å². The zero-order valence-corrected chi connectivity index (χ0v) is 18.3. The van der Waals surface area contributed by atoms with Gasteiger partial charge >= 0.3 is 0 Å². The van der Waals surface area contributed by atoms with Crippen LogP contribution in [0, 0.1) is 5.92 Å². The summed E-state index contributed by atoms with van der Waals surface area (Å²) in [5.74, 6) is 1.32. The number of anilines is 1. The van der Waals surface area contributed by atoms with Gasteiger partial charge in [0.1, 0.15) is 11.9 Å². The van der Waals surface area contributed by atoms with Crippen LogP contribution in [0.1, 0.15) is 18.4 Å². The van der Waals surface area contributed by atoms with Gasteiger partial charge in [0.2, 0.25) is 0 Å². The van der Waals surface area contributed by atoms with Crippen molar-refractivity contribution in [2.24, 2.45) is 5.92 Å².